The van der Waals surface area contributed by atoms with Crippen molar-refractivity contribution in [1.29, 1.82) is 5.26 Å². The van der Waals surface area contributed by atoms with Crippen LogP contribution in [0.15, 0.2) is 48.0 Å². The minimum atomic E-state index is -4.61. The molecule has 44 heavy (non-hydrogen) atoms. The molecule has 0 unspecified atom stereocenters. The van der Waals surface area contributed by atoms with E-state index in [1.54, 1.807) is 11.0 Å². The molecule has 2 aliphatic heterocycles. The number of nitriles is 1. The van der Waals surface area contributed by atoms with Crippen LogP contribution in [0.2, 0.25) is 5.02 Å². The maximum Gasteiger partial charge on any atom is 0.398 e. The number of amides is 2. The lowest BCUT2D eigenvalue weighted by atomic mass is 9.90. The third kappa shape index (κ3) is 5.16. The van der Waals surface area contributed by atoms with Gasteiger partial charge in [-0.1, -0.05) is 29.8 Å². The molecule has 3 heterocycles. The molecule has 9 nitrogen and oxygen atoms in total. The van der Waals surface area contributed by atoms with Gasteiger partial charge in [0.25, 0.3) is 12.2 Å². The minimum absolute atomic E-state index is 0.0310. The molecule has 2 fully saturated rings. The van der Waals surface area contributed by atoms with Crippen LogP contribution in [0.25, 0.3) is 5.57 Å². The summed E-state index contributed by atoms with van der Waals surface area (Å²) in [5.74, 6) is -1.69. The van der Waals surface area contributed by atoms with Crippen molar-refractivity contribution in [2.45, 2.75) is 43.8 Å². The Bertz CT molecular complexity index is 1660. The highest BCUT2D eigenvalue weighted by atomic mass is 35.5. The van der Waals surface area contributed by atoms with Crippen molar-refractivity contribution in [1.82, 2.24) is 19.6 Å². The quantitative estimate of drug-likeness (QED) is 0.319. The van der Waals surface area contributed by atoms with E-state index >= 15 is 4.39 Å². The lowest BCUT2D eigenvalue weighted by Crippen LogP contribution is -2.49. The molecular weight excluding hydrogens is 606 g/mol. The zero-order chi connectivity index (χ0) is 31.2. The maximum absolute atomic E-state index is 15.6. The Morgan fingerprint density at radius 2 is 1.89 bits per heavy atom. The minimum Gasteiger partial charge on any atom is -0.388 e. The SMILES string of the molecule is N#COC1=CC(F)=C(c2nn(C(=O)c3c(Cl)cccc3C3(C(F)(F)F)CC3)c3c2CCN(C(=O)N2CCOCC2)C3)CC=C1. The summed E-state index contributed by atoms with van der Waals surface area (Å²) in [5.41, 5.74) is -1.81. The fourth-order valence-corrected chi connectivity index (χ4v) is 6.25. The Balaban J connectivity index is 1.47. The van der Waals surface area contributed by atoms with Crippen LogP contribution in [0, 0.1) is 11.5 Å². The second-order valence-corrected chi connectivity index (χ2v) is 11.4. The van der Waals surface area contributed by atoms with E-state index in [9.17, 15) is 22.8 Å². The van der Waals surface area contributed by atoms with Gasteiger partial charge in [0.1, 0.15) is 11.6 Å². The van der Waals surface area contributed by atoms with Gasteiger partial charge in [-0.05, 0) is 43.4 Å². The van der Waals surface area contributed by atoms with Gasteiger partial charge in [-0.3, -0.25) is 4.79 Å². The van der Waals surface area contributed by atoms with Crippen molar-refractivity contribution in [3.8, 4) is 6.26 Å². The van der Waals surface area contributed by atoms with Gasteiger partial charge in [-0.25, -0.2) is 9.18 Å². The second kappa shape index (κ2) is 11.4. The number of carbonyl (C=O) groups excluding carboxylic acids is 2. The molecule has 2 amide bonds. The van der Waals surface area contributed by atoms with E-state index in [1.165, 1.54) is 35.4 Å². The van der Waals surface area contributed by atoms with Gasteiger partial charge in [0.15, 0.2) is 0 Å². The number of allylic oxidation sites excluding steroid dienone is 5. The van der Waals surface area contributed by atoms with Gasteiger partial charge in [0.2, 0.25) is 0 Å². The monoisotopic (exact) mass is 631 g/mol. The number of urea groups is 1. The van der Waals surface area contributed by atoms with E-state index < -0.39 is 23.3 Å². The van der Waals surface area contributed by atoms with E-state index in [-0.39, 0.29) is 83.7 Å². The standard InChI is InChI=1S/C30H26ClF4N5O4/c31-22-6-2-5-21(29(8-9-29)30(33,34)35)25(22)27(41)40-24-16-39(28(42)38-11-13-43-14-12-38)10-7-20(24)26(37-40)19-4-1-3-18(44-17-36)15-23(19)32/h1-3,5-6,15H,4,7-14,16H2. The molecule has 0 atom stereocenters. The first-order valence-electron chi connectivity index (χ1n) is 14.0. The highest BCUT2D eigenvalue weighted by molar-refractivity contribution is 6.34. The van der Waals surface area contributed by atoms with Crippen LogP contribution in [-0.2, 0) is 27.9 Å². The molecule has 2 aliphatic carbocycles. The number of fused-ring (bicyclic) bond motifs is 1. The van der Waals surface area contributed by atoms with Crippen LogP contribution in [0.4, 0.5) is 22.4 Å². The molecule has 6 rings (SSSR count). The predicted molar refractivity (Wildman–Crippen MR) is 149 cm³/mol. The van der Waals surface area contributed by atoms with Crippen molar-refractivity contribution >= 4 is 29.1 Å². The first-order chi connectivity index (χ1) is 21.1. The molecule has 230 valence electrons. The predicted octanol–water partition coefficient (Wildman–Crippen LogP) is 5.65. The smallest absolute Gasteiger partial charge is 0.388 e. The summed E-state index contributed by atoms with van der Waals surface area (Å²) in [6.45, 7) is 1.70. The number of alkyl halides is 3. The number of carbonyl (C=O) groups is 2. The fourth-order valence-electron chi connectivity index (χ4n) is 6.00. The van der Waals surface area contributed by atoms with Crippen LogP contribution in [-0.4, -0.2) is 70.5 Å². The Morgan fingerprint density at radius 3 is 2.57 bits per heavy atom. The average molecular weight is 632 g/mol. The number of rotatable bonds is 4. The van der Waals surface area contributed by atoms with E-state index in [0.717, 1.165) is 10.8 Å². The Labute approximate surface area is 254 Å². The van der Waals surface area contributed by atoms with Crippen molar-refractivity contribution in [3.63, 3.8) is 0 Å². The number of nitrogens with zero attached hydrogens (tertiary/aromatic N) is 5. The van der Waals surface area contributed by atoms with Gasteiger partial charge in [0, 0.05) is 36.8 Å². The number of ether oxygens (including phenoxy) is 2. The summed E-state index contributed by atoms with van der Waals surface area (Å²) in [5, 5.41) is 13.2. The topological polar surface area (TPSA) is 101 Å². The lowest BCUT2D eigenvalue weighted by molar-refractivity contribution is -0.160. The Kier molecular flexibility index (Phi) is 7.75. The number of morpholine rings is 1. The maximum atomic E-state index is 15.6. The van der Waals surface area contributed by atoms with E-state index in [4.69, 9.17) is 26.3 Å². The highest BCUT2D eigenvalue weighted by Crippen LogP contribution is 2.60. The number of hydrogen-bond donors (Lipinski definition) is 0. The molecule has 1 aromatic carbocycles. The average Bonchev–Trinajstić information content (AvgIpc) is 3.78. The zero-order valence-corrected chi connectivity index (χ0v) is 24.0. The van der Waals surface area contributed by atoms with E-state index in [0.29, 0.717) is 31.9 Å². The van der Waals surface area contributed by atoms with Crippen molar-refractivity contribution in [2.75, 3.05) is 32.8 Å². The summed E-state index contributed by atoms with van der Waals surface area (Å²) in [4.78, 5) is 30.8. The van der Waals surface area contributed by atoms with Crippen LogP contribution in [0.5, 0.6) is 0 Å². The van der Waals surface area contributed by atoms with E-state index in [2.05, 4.69) is 5.10 Å². The first-order valence-corrected chi connectivity index (χ1v) is 14.4. The number of hydrogen-bond acceptors (Lipinski definition) is 6. The van der Waals surface area contributed by atoms with Gasteiger partial charge in [0.05, 0.1) is 47.1 Å². The summed E-state index contributed by atoms with van der Waals surface area (Å²) < 4.78 is 69.4. The van der Waals surface area contributed by atoms with Crippen LogP contribution < -0.4 is 0 Å². The lowest BCUT2D eigenvalue weighted by Gasteiger charge is -2.35. The third-order valence-electron chi connectivity index (χ3n) is 8.45. The summed E-state index contributed by atoms with van der Waals surface area (Å²) in [6.07, 6.45) is 0.767. The summed E-state index contributed by atoms with van der Waals surface area (Å²) in [6, 6.07) is 3.69. The molecule has 1 saturated carbocycles. The van der Waals surface area contributed by atoms with Crippen LogP contribution in [0.1, 0.15) is 52.1 Å². The van der Waals surface area contributed by atoms with Gasteiger partial charge < -0.3 is 19.3 Å². The summed E-state index contributed by atoms with van der Waals surface area (Å²) in [7, 11) is 0. The van der Waals surface area contributed by atoms with Gasteiger partial charge in [-0.2, -0.15) is 23.0 Å². The largest absolute Gasteiger partial charge is 0.398 e. The number of halogens is 5. The van der Waals surface area contributed by atoms with E-state index in [1.807, 2.05) is 0 Å². The molecular formula is C30H26ClF4N5O4. The molecule has 0 bridgehead atoms. The number of benzene rings is 1. The molecule has 2 aromatic rings. The molecule has 0 N–H and O–H groups in total. The zero-order valence-electron chi connectivity index (χ0n) is 23.3. The van der Waals surface area contributed by atoms with Crippen molar-refractivity contribution in [3.05, 3.63) is 81.1 Å². The highest BCUT2D eigenvalue weighted by Gasteiger charge is 2.65. The molecule has 4 aliphatic rings. The molecule has 0 radical (unpaired) electrons. The molecule has 1 saturated heterocycles. The van der Waals surface area contributed by atoms with Crippen LogP contribution >= 0.6 is 11.6 Å². The molecule has 1 aromatic heterocycles. The van der Waals surface area contributed by atoms with Crippen molar-refractivity contribution < 1.29 is 36.6 Å². The van der Waals surface area contributed by atoms with Gasteiger partial charge in [-0.15, -0.1) is 5.26 Å². The third-order valence-corrected chi connectivity index (χ3v) is 8.77. The molecule has 0 spiro atoms. The fraction of sp³-hybridized carbons (Fsp3) is 0.400. The normalized spacial score (nSPS) is 19.6. The second-order valence-electron chi connectivity index (χ2n) is 11.0. The number of aromatic nitrogens is 2. The molecule has 14 heteroatoms. The Hall–Kier alpha value is -4.15. The Morgan fingerprint density at radius 1 is 1.14 bits per heavy atom. The van der Waals surface area contributed by atoms with Crippen molar-refractivity contribution in [2.24, 2.45) is 0 Å². The summed E-state index contributed by atoms with van der Waals surface area (Å²) >= 11 is 6.43. The van der Waals surface area contributed by atoms with Crippen LogP contribution in [0.3, 0.4) is 0 Å². The first kappa shape index (κ1) is 29.9. The van der Waals surface area contributed by atoms with Gasteiger partial charge >= 0.3 is 12.2 Å².